The van der Waals surface area contributed by atoms with Gasteiger partial charge in [-0.05, 0) is 18.2 Å². The van der Waals surface area contributed by atoms with Crippen LogP contribution in [-0.2, 0) is 25.0 Å². The Morgan fingerprint density at radius 3 is 2.42 bits per heavy atom. The number of guanidine groups is 2. The second kappa shape index (κ2) is 10.8. The minimum absolute atomic E-state index is 0.0264. The third kappa shape index (κ3) is 7.69. The zero-order valence-electron chi connectivity index (χ0n) is 16.4. The van der Waals surface area contributed by atoms with Crippen LogP contribution in [0.3, 0.4) is 0 Å². The number of hydrogen-bond donors (Lipinski definition) is 6. The first kappa shape index (κ1) is 24.9. The molecule has 0 amide bonds. The lowest BCUT2D eigenvalue weighted by Crippen LogP contribution is -2.45. The largest absolute Gasteiger partial charge is 0.378 e. The van der Waals surface area contributed by atoms with Crippen LogP contribution in [0.15, 0.2) is 38.0 Å². The average Bonchev–Trinajstić information content (AvgIpc) is 2.70. The van der Waals surface area contributed by atoms with Crippen LogP contribution >= 0.6 is 0 Å². The Hall–Kier alpha value is -2.34. The highest BCUT2D eigenvalue weighted by molar-refractivity contribution is 7.86. The van der Waals surface area contributed by atoms with Gasteiger partial charge >= 0.3 is 0 Å². The van der Waals surface area contributed by atoms with E-state index in [1.807, 2.05) is 0 Å². The molecule has 1 aliphatic heterocycles. The van der Waals surface area contributed by atoms with Gasteiger partial charge in [-0.15, -0.1) is 0 Å². The first-order valence-corrected chi connectivity index (χ1v) is 11.9. The quantitative estimate of drug-likeness (QED) is 0.109. The van der Waals surface area contributed by atoms with E-state index in [0.717, 1.165) is 18.2 Å². The number of aliphatic imine (C=N–C) groups is 2. The van der Waals surface area contributed by atoms with Gasteiger partial charge in [-0.3, -0.25) is 14.4 Å². The summed E-state index contributed by atoms with van der Waals surface area (Å²) >= 11 is 0. The Labute approximate surface area is 179 Å². The van der Waals surface area contributed by atoms with E-state index in [0.29, 0.717) is 39.4 Å². The van der Waals surface area contributed by atoms with Crippen LogP contribution in [0.4, 0.5) is 5.69 Å². The van der Waals surface area contributed by atoms with Crippen molar-refractivity contribution >= 4 is 37.8 Å². The van der Waals surface area contributed by atoms with Crippen molar-refractivity contribution in [1.82, 2.24) is 10.2 Å². The molecule has 0 spiro atoms. The van der Waals surface area contributed by atoms with Crippen molar-refractivity contribution in [2.45, 2.75) is 9.79 Å². The van der Waals surface area contributed by atoms with E-state index in [1.54, 1.807) is 4.90 Å². The molecule has 16 heteroatoms. The molecule has 1 fully saturated rings. The van der Waals surface area contributed by atoms with Gasteiger partial charge in [-0.25, -0.2) is 4.99 Å². The number of nitrogens with one attached hydrogen (secondary N) is 2. The van der Waals surface area contributed by atoms with Crippen molar-refractivity contribution in [3.05, 3.63) is 18.2 Å². The maximum Gasteiger partial charge on any atom is 0.296 e. The summed E-state index contributed by atoms with van der Waals surface area (Å²) in [4.78, 5) is 8.74. The molecule has 1 heterocycles. The number of nitrogens with zero attached hydrogens (tertiary/aromatic N) is 3. The summed E-state index contributed by atoms with van der Waals surface area (Å²) in [5.74, 6) is -0.112. The van der Waals surface area contributed by atoms with Gasteiger partial charge in [-0.1, -0.05) is 0 Å². The van der Waals surface area contributed by atoms with Crippen LogP contribution < -0.4 is 22.1 Å². The molecule has 1 saturated heterocycles. The van der Waals surface area contributed by atoms with Crippen LogP contribution in [0.25, 0.3) is 0 Å². The van der Waals surface area contributed by atoms with E-state index in [1.165, 1.54) is 0 Å². The Morgan fingerprint density at radius 1 is 1.16 bits per heavy atom. The lowest BCUT2D eigenvalue weighted by Gasteiger charge is -2.27. The Morgan fingerprint density at radius 2 is 1.84 bits per heavy atom. The van der Waals surface area contributed by atoms with Crippen molar-refractivity contribution < 1.29 is 30.7 Å². The fraction of sp³-hybridized carbons (Fsp3) is 0.467. The normalized spacial score (nSPS) is 16.4. The number of rotatable bonds is 7. The molecular formula is C15H25N7O7S2. The number of benzene rings is 1. The van der Waals surface area contributed by atoms with Crippen LogP contribution in [0.2, 0.25) is 0 Å². The number of hydrogen-bond acceptors (Lipinski definition) is 8. The van der Waals surface area contributed by atoms with Gasteiger partial charge in [0.05, 0.1) is 30.5 Å². The summed E-state index contributed by atoms with van der Waals surface area (Å²) in [6, 6.07) is 2.47. The number of nitrogens with two attached hydrogens (primary N) is 2. The Balaban J connectivity index is 2.44. The molecule has 0 atom stereocenters. The smallest absolute Gasteiger partial charge is 0.296 e. The average molecular weight is 480 g/mol. The van der Waals surface area contributed by atoms with Crippen molar-refractivity contribution in [3.63, 3.8) is 0 Å². The van der Waals surface area contributed by atoms with Gasteiger partial charge in [0.1, 0.15) is 4.90 Å². The van der Waals surface area contributed by atoms with E-state index >= 15 is 0 Å². The Kier molecular flexibility index (Phi) is 8.69. The second-order valence-corrected chi connectivity index (χ2v) is 9.04. The molecule has 0 unspecified atom stereocenters. The van der Waals surface area contributed by atoms with E-state index in [9.17, 15) is 25.9 Å². The highest BCUT2D eigenvalue weighted by Crippen LogP contribution is 2.25. The Bertz CT molecular complexity index is 1040. The molecule has 0 saturated carbocycles. The molecule has 1 aromatic carbocycles. The highest BCUT2D eigenvalue weighted by atomic mass is 32.2. The van der Waals surface area contributed by atoms with Crippen LogP contribution in [0.1, 0.15) is 0 Å². The zero-order chi connectivity index (χ0) is 23.1. The van der Waals surface area contributed by atoms with E-state index in [4.69, 9.17) is 16.2 Å². The van der Waals surface area contributed by atoms with Crippen LogP contribution in [-0.4, -0.2) is 88.8 Å². The fourth-order valence-corrected chi connectivity index (χ4v) is 3.63. The SMILES string of the molecule is NCCNC/N=C(\N=C(/N)N1CCOCC1)Nc1cc(S(=O)(=O)O)ccc1S(=O)(=O)O. The molecule has 0 radical (unpaired) electrons. The summed E-state index contributed by atoms with van der Waals surface area (Å²) < 4.78 is 70.4. The minimum Gasteiger partial charge on any atom is -0.378 e. The monoisotopic (exact) mass is 479 g/mol. The third-order valence-electron chi connectivity index (χ3n) is 3.99. The maximum absolute atomic E-state index is 11.7. The van der Waals surface area contributed by atoms with Crippen molar-refractivity contribution in [2.75, 3.05) is 51.4 Å². The minimum atomic E-state index is -4.75. The van der Waals surface area contributed by atoms with E-state index in [2.05, 4.69) is 20.6 Å². The molecule has 31 heavy (non-hydrogen) atoms. The molecule has 2 rings (SSSR count). The molecule has 1 aliphatic rings. The molecule has 174 valence electrons. The second-order valence-electron chi connectivity index (χ2n) is 6.23. The highest BCUT2D eigenvalue weighted by Gasteiger charge is 2.21. The van der Waals surface area contributed by atoms with Gasteiger partial charge in [0.15, 0.2) is 5.96 Å². The predicted octanol–water partition coefficient (Wildman–Crippen LogP) is -1.90. The lowest BCUT2D eigenvalue weighted by molar-refractivity contribution is 0.0676. The topological polar surface area (TPSA) is 222 Å². The van der Waals surface area contributed by atoms with Crippen molar-refractivity contribution in [1.29, 1.82) is 0 Å². The molecular weight excluding hydrogens is 454 g/mol. The molecule has 1 aromatic rings. The standard InChI is InChI=1S/C15H25N7O7S2/c16-3-4-18-10-19-15(21-14(17)22-5-7-29-8-6-22)20-12-9-11(30(23,24)25)1-2-13(12)31(26,27)28/h1-2,9,18H,3-8,10,16H2,(H,23,24,25)(H,26,27,28)(H3,17,19,20,21). The summed E-state index contributed by atoms with van der Waals surface area (Å²) in [5.41, 5.74) is 11.0. The number of morpholine rings is 1. The maximum atomic E-state index is 11.7. The van der Waals surface area contributed by atoms with Gasteiger partial charge < -0.3 is 26.4 Å². The summed E-state index contributed by atoms with van der Waals surface area (Å²) in [6.45, 7) is 2.65. The molecule has 0 aromatic heterocycles. The lowest BCUT2D eigenvalue weighted by atomic mass is 10.3. The number of ether oxygens (including phenoxy) is 1. The van der Waals surface area contributed by atoms with E-state index in [-0.39, 0.29) is 24.3 Å². The molecule has 0 bridgehead atoms. The molecule has 14 nitrogen and oxygen atoms in total. The zero-order valence-corrected chi connectivity index (χ0v) is 18.1. The van der Waals surface area contributed by atoms with Gasteiger partial charge in [0, 0.05) is 26.2 Å². The summed E-state index contributed by atoms with van der Waals surface area (Å²) in [6.07, 6.45) is 0. The number of anilines is 1. The van der Waals surface area contributed by atoms with Crippen molar-refractivity contribution in [2.24, 2.45) is 21.5 Å². The summed E-state index contributed by atoms with van der Waals surface area (Å²) in [5, 5.41) is 5.44. The van der Waals surface area contributed by atoms with Gasteiger partial charge in [-0.2, -0.15) is 21.8 Å². The summed E-state index contributed by atoms with van der Waals surface area (Å²) in [7, 11) is -9.41. The molecule has 8 N–H and O–H groups in total. The third-order valence-corrected chi connectivity index (χ3v) is 5.75. The van der Waals surface area contributed by atoms with Gasteiger partial charge in [0.2, 0.25) is 5.96 Å². The first-order chi connectivity index (χ1) is 14.5. The van der Waals surface area contributed by atoms with Crippen LogP contribution in [0.5, 0.6) is 0 Å². The van der Waals surface area contributed by atoms with Gasteiger partial charge in [0.25, 0.3) is 20.2 Å². The fourth-order valence-electron chi connectivity index (χ4n) is 2.50. The molecule has 0 aliphatic carbocycles. The van der Waals surface area contributed by atoms with E-state index < -0.39 is 30.0 Å². The predicted molar refractivity (Wildman–Crippen MR) is 113 cm³/mol. The van der Waals surface area contributed by atoms with Crippen molar-refractivity contribution in [3.8, 4) is 0 Å². The first-order valence-electron chi connectivity index (χ1n) is 9.00. The van der Waals surface area contributed by atoms with Crippen LogP contribution in [0, 0.1) is 0 Å².